The molecule has 1 N–H and O–H groups in total. The summed E-state index contributed by atoms with van der Waals surface area (Å²) in [7, 11) is 1.71. The van der Waals surface area contributed by atoms with Crippen LogP contribution in [0.1, 0.15) is 31.7 Å². The summed E-state index contributed by atoms with van der Waals surface area (Å²) in [4.78, 5) is 0. The highest BCUT2D eigenvalue weighted by atomic mass is 16.5. The quantitative estimate of drug-likeness (QED) is 0.887. The molecule has 3 heteroatoms. The first-order chi connectivity index (χ1) is 8.72. The third-order valence-corrected chi connectivity index (χ3v) is 3.59. The molecule has 2 atom stereocenters. The summed E-state index contributed by atoms with van der Waals surface area (Å²) in [6, 6.07) is 6.78. The van der Waals surface area contributed by atoms with Gasteiger partial charge in [-0.1, -0.05) is 6.92 Å². The minimum absolute atomic E-state index is 0.413. The zero-order valence-corrected chi connectivity index (χ0v) is 11.5. The number of rotatable bonds is 4. The van der Waals surface area contributed by atoms with Gasteiger partial charge in [0.15, 0.2) is 0 Å². The van der Waals surface area contributed by atoms with E-state index in [1.807, 2.05) is 6.07 Å². The minimum atomic E-state index is 0.413. The average molecular weight is 249 g/mol. The molecule has 3 nitrogen and oxygen atoms in total. The van der Waals surface area contributed by atoms with E-state index in [2.05, 4.69) is 31.3 Å². The second kappa shape index (κ2) is 6.10. The number of hydrogen-bond donors (Lipinski definition) is 1. The fourth-order valence-electron chi connectivity index (χ4n) is 2.50. The summed E-state index contributed by atoms with van der Waals surface area (Å²) in [5.74, 6) is 0.943. The molecule has 2 rings (SSSR count). The van der Waals surface area contributed by atoms with Crippen molar-refractivity contribution in [3.05, 3.63) is 23.8 Å². The Bertz CT molecular complexity index is 392. The van der Waals surface area contributed by atoms with Gasteiger partial charge in [-0.3, -0.25) is 0 Å². The molecular weight excluding hydrogens is 226 g/mol. The van der Waals surface area contributed by atoms with E-state index in [1.165, 1.54) is 11.3 Å². The van der Waals surface area contributed by atoms with Crippen molar-refractivity contribution in [3.8, 4) is 5.75 Å². The second-order valence-corrected chi connectivity index (χ2v) is 4.95. The van der Waals surface area contributed by atoms with Gasteiger partial charge < -0.3 is 14.8 Å². The molecule has 1 saturated heterocycles. The fourth-order valence-corrected chi connectivity index (χ4v) is 2.50. The highest BCUT2D eigenvalue weighted by Crippen LogP contribution is 2.24. The van der Waals surface area contributed by atoms with Crippen molar-refractivity contribution in [2.45, 2.75) is 45.3 Å². The molecule has 0 aromatic heterocycles. The van der Waals surface area contributed by atoms with Gasteiger partial charge in [-0.05, 0) is 49.9 Å². The number of benzene rings is 1. The molecule has 1 aromatic rings. The number of methoxy groups -OCH3 is 1. The van der Waals surface area contributed by atoms with Crippen LogP contribution in [0.4, 0.5) is 5.69 Å². The monoisotopic (exact) mass is 249 g/mol. The number of nitrogens with one attached hydrogen (secondary N) is 1. The van der Waals surface area contributed by atoms with Crippen LogP contribution < -0.4 is 10.1 Å². The van der Waals surface area contributed by atoms with Crippen LogP contribution in [0.2, 0.25) is 0 Å². The molecule has 0 saturated carbocycles. The molecule has 1 aromatic carbocycles. The van der Waals surface area contributed by atoms with Crippen molar-refractivity contribution < 1.29 is 9.47 Å². The fraction of sp³-hybridized carbons (Fsp3) is 0.600. The van der Waals surface area contributed by atoms with Crippen molar-refractivity contribution in [3.63, 3.8) is 0 Å². The van der Waals surface area contributed by atoms with Crippen LogP contribution in [0.5, 0.6) is 5.75 Å². The summed E-state index contributed by atoms with van der Waals surface area (Å²) in [5.41, 5.74) is 2.34. The average Bonchev–Trinajstić information content (AvgIpc) is 2.39. The highest BCUT2D eigenvalue weighted by molar-refractivity contribution is 5.51. The molecule has 1 aliphatic heterocycles. The van der Waals surface area contributed by atoms with Crippen LogP contribution in [-0.4, -0.2) is 25.9 Å². The maximum atomic E-state index is 5.70. The Morgan fingerprint density at radius 3 is 2.94 bits per heavy atom. The highest BCUT2D eigenvalue weighted by Gasteiger charge is 2.21. The van der Waals surface area contributed by atoms with Gasteiger partial charge >= 0.3 is 0 Å². The van der Waals surface area contributed by atoms with E-state index in [0.717, 1.165) is 31.6 Å². The summed E-state index contributed by atoms with van der Waals surface area (Å²) in [5, 5.41) is 3.60. The first kappa shape index (κ1) is 13.2. The molecule has 1 aliphatic rings. The van der Waals surface area contributed by atoms with Gasteiger partial charge in [0.1, 0.15) is 5.75 Å². The van der Waals surface area contributed by atoms with Crippen molar-refractivity contribution in [1.82, 2.24) is 0 Å². The van der Waals surface area contributed by atoms with Gasteiger partial charge in [-0.2, -0.15) is 0 Å². The molecule has 0 spiro atoms. The first-order valence-electron chi connectivity index (χ1n) is 6.75. The Morgan fingerprint density at radius 2 is 2.28 bits per heavy atom. The molecule has 2 unspecified atom stereocenters. The Balaban J connectivity index is 1.98. The molecule has 100 valence electrons. The molecule has 0 amide bonds. The first-order valence-corrected chi connectivity index (χ1v) is 6.75. The minimum Gasteiger partial charge on any atom is -0.496 e. The van der Waals surface area contributed by atoms with E-state index in [4.69, 9.17) is 9.47 Å². The van der Waals surface area contributed by atoms with Crippen LogP contribution >= 0.6 is 0 Å². The van der Waals surface area contributed by atoms with Gasteiger partial charge in [-0.25, -0.2) is 0 Å². The topological polar surface area (TPSA) is 30.5 Å². The van der Waals surface area contributed by atoms with Crippen LogP contribution in [-0.2, 0) is 4.74 Å². The predicted octanol–water partition coefficient (Wildman–Crippen LogP) is 3.37. The molecule has 0 aliphatic carbocycles. The van der Waals surface area contributed by atoms with Gasteiger partial charge in [0.25, 0.3) is 0 Å². The Hall–Kier alpha value is -1.22. The van der Waals surface area contributed by atoms with Crippen LogP contribution in [0.15, 0.2) is 18.2 Å². The van der Waals surface area contributed by atoms with Crippen LogP contribution in [0, 0.1) is 6.92 Å². The third kappa shape index (κ3) is 3.16. The lowest BCUT2D eigenvalue weighted by Gasteiger charge is -2.30. The van der Waals surface area contributed by atoms with Crippen LogP contribution in [0.3, 0.4) is 0 Å². The van der Waals surface area contributed by atoms with E-state index in [9.17, 15) is 0 Å². The van der Waals surface area contributed by atoms with Gasteiger partial charge in [-0.15, -0.1) is 0 Å². The largest absolute Gasteiger partial charge is 0.496 e. The predicted molar refractivity (Wildman–Crippen MR) is 74.4 cm³/mol. The Morgan fingerprint density at radius 1 is 1.44 bits per heavy atom. The Kier molecular flexibility index (Phi) is 4.48. The SMILES string of the molecule is CCC1CC(Nc2ccc(OC)c(C)c2)CCO1. The van der Waals surface area contributed by atoms with E-state index in [0.29, 0.717) is 12.1 Å². The van der Waals surface area contributed by atoms with Crippen molar-refractivity contribution in [2.24, 2.45) is 0 Å². The van der Waals surface area contributed by atoms with E-state index >= 15 is 0 Å². The van der Waals surface area contributed by atoms with E-state index in [-0.39, 0.29) is 0 Å². The summed E-state index contributed by atoms with van der Waals surface area (Å²) < 4.78 is 11.0. The normalized spacial score (nSPS) is 23.7. The molecule has 0 radical (unpaired) electrons. The van der Waals surface area contributed by atoms with Gasteiger partial charge in [0.2, 0.25) is 0 Å². The molecule has 1 fully saturated rings. The molecule has 18 heavy (non-hydrogen) atoms. The van der Waals surface area contributed by atoms with E-state index < -0.39 is 0 Å². The Labute approximate surface area is 109 Å². The maximum absolute atomic E-state index is 5.70. The number of ether oxygens (including phenoxy) is 2. The van der Waals surface area contributed by atoms with Crippen LogP contribution in [0.25, 0.3) is 0 Å². The second-order valence-electron chi connectivity index (χ2n) is 4.95. The number of anilines is 1. The van der Waals surface area contributed by atoms with Crippen molar-refractivity contribution in [2.75, 3.05) is 19.0 Å². The maximum Gasteiger partial charge on any atom is 0.121 e. The molecule has 0 bridgehead atoms. The van der Waals surface area contributed by atoms with Gasteiger partial charge in [0.05, 0.1) is 13.2 Å². The molecule has 1 heterocycles. The van der Waals surface area contributed by atoms with E-state index in [1.54, 1.807) is 7.11 Å². The molecular formula is C15H23NO2. The lowest BCUT2D eigenvalue weighted by Crippen LogP contribution is -2.33. The van der Waals surface area contributed by atoms with Crippen molar-refractivity contribution in [1.29, 1.82) is 0 Å². The number of hydrogen-bond acceptors (Lipinski definition) is 3. The standard InChI is InChI=1S/C15H23NO2/c1-4-14-10-13(7-8-18-14)16-12-5-6-15(17-3)11(2)9-12/h5-6,9,13-14,16H,4,7-8,10H2,1-3H3. The third-order valence-electron chi connectivity index (χ3n) is 3.59. The zero-order valence-electron chi connectivity index (χ0n) is 11.5. The number of aryl methyl sites for hydroxylation is 1. The smallest absolute Gasteiger partial charge is 0.121 e. The zero-order chi connectivity index (χ0) is 13.0. The lowest BCUT2D eigenvalue weighted by molar-refractivity contribution is 0.00925. The summed E-state index contributed by atoms with van der Waals surface area (Å²) in [6.07, 6.45) is 3.69. The van der Waals surface area contributed by atoms with Crippen molar-refractivity contribution >= 4 is 5.69 Å². The summed E-state index contributed by atoms with van der Waals surface area (Å²) in [6.45, 7) is 5.12. The summed E-state index contributed by atoms with van der Waals surface area (Å²) >= 11 is 0. The van der Waals surface area contributed by atoms with Gasteiger partial charge in [0, 0.05) is 18.3 Å². The lowest BCUT2D eigenvalue weighted by atomic mass is 10.0.